The minimum absolute atomic E-state index is 0.0433. The lowest BCUT2D eigenvalue weighted by Crippen LogP contribution is -2.21. The molecule has 0 spiro atoms. The maximum atomic E-state index is 14.7. The number of benzene rings is 1. The van der Waals surface area contributed by atoms with E-state index < -0.39 is 5.82 Å². The number of halogens is 1. The molecular weight excluding hydrogens is 447 g/mol. The molecule has 35 heavy (non-hydrogen) atoms. The highest BCUT2D eigenvalue weighted by molar-refractivity contribution is 5.96. The van der Waals surface area contributed by atoms with E-state index in [0.29, 0.717) is 36.3 Å². The molecule has 3 heterocycles. The van der Waals surface area contributed by atoms with Crippen molar-refractivity contribution in [2.75, 3.05) is 32.1 Å². The zero-order chi connectivity index (χ0) is 24.6. The number of ketones is 1. The first-order valence-electron chi connectivity index (χ1n) is 12.3. The third-order valence-electron chi connectivity index (χ3n) is 6.32. The molecule has 0 saturated carbocycles. The number of nitrogens with zero attached hydrogens (tertiary/aromatic N) is 5. The van der Waals surface area contributed by atoms with Crippen LogP contribution in [-0.2, 0) is 19.4 Å². The van der Waals surface area contributed by atoms with Crippen LogP contribution in [0.2, 0.25) is 0 Å². The summed E-state index contributed by atoms with van der Waals surface area (Å²) in [6, 6.07) is 3.08. The van der Waals surface area contributed by atoms with E-state index in [1.165, 1.54) is 39.1 Å². The van der Waals surface area contributed by atoms with Crippen LogP contribution in [0.1, 0.15) is 54.1 Å². The van der Waals surface area contributed by atoms with E-state index in [9.17, 15) is 9.18 Å². The molecule has 0 bridgehead atoms. The number of rotatable bonds is 12. The van der Waals surface area contributed by atoms with E-state index in [2.05, 4.69) is 25.3 Å². The van der Waals surface area contributed by atoms with Crippen LogP contribution < -0.4 is 10.1 Å². The number of anilines is 2. The lowest BCUT2D eigenvalue weighted by Gasteiger charge is -2.13. The molecular formula is C26H33FN6O2. The van der Waals surface area contributed by atoms with Crippen molar-refractivity contribution < 1.29 is 13.9 Å². The monoisotopic (exact) mass is 480 g/mol. The fraction of sp³-hybridized carbons (Fsp3) is 0.462. The van der Waals surface area contributed by atoms with E-state index >= 15 is 0 Å². The van der Waals surface area contributed by atoms with Crippen molar-refractivity contribution in [2.45, 2.75) is 52.0 Å². The fourth-order valence-electron chi connectivity index (χ4n) is 4.32. The fourth-order valence-corrected chi connectivity index (χ4v) is 4.32. The summed E-state index contributed by atoms with van der Waals surface area (Å²) in [6.45, 7) is 6.21. The summed E-state index contributed by atoms with van der Waals surface area (Å²) < 4.78 is 21.8. The van der Waals surface area contributed by atoms with Crippen LogP contribution in [0, 0.1) is 5.82 Å². The standard InChI is InChI=1S/C26H33FN6O2/c1-3-23(34)21-13-20(25(27)24(14-21)35-2)8-7-19-15-28-26(29-16-19)31-22-17-30-33(18-22)12-6-11-32-9-4-5-10-32/h13-18H,3-12H2,1-2H3,(H,28,29,31). The van der Waals surface area contributed by atoms with Crippen LogP contribution in [0.3, 0.4) is 0 Å². The summed E-state index contributed by atoms with van der Waals surface area (Å²) in [5.41, 5.74) is 2.62. The number of nitrogens with one attached hydrogen (secondary N) is 1. The van der Waals surface area contributed by atoms with Crippen molar-refractivity contribution in [3.05, 3.63) is 59.4 Å². The van der Waals surface area contributed by atoms with Gasteiger partial charge in [-0.25, -0.2) is 14.4 Å². The van der Waals surface area contributed by atoms with Gasteiger partial charge in [0.15, 0.2) is 17.3 Å². The molecule has 1 fully saturated rings. The normalized spacial score (nSPS) is 13.8. The third-order valence-corrected chi connectivity index (χ3v) is 6.32. The highest BCUT2D eigenvalue weighted by Crippen LogP contribution is 2.25. The average Bonchev–Trinajstić information content (AvgIpc) is 3.56. The summed E-state index contributed by atoms with van der Waals surface area (Å²) >= 11 is 0. The van der Waals surface area contributed by atoms with Crippen LogP contribution in [0.15, 0.2) is 36.9 Å². The Hall–Kier alpha value is -3.33. The molecule has 1 N–H and O–H groups in total. The van der Waals surface area contributed by atoms with Crippen LogP contribution >= 0.6 is 0 Å². The molecule has 1 aromatic carbocycles. The Morgan fingerprint density at radius 3 is 2.60 bits per heavy atom. The highest BCUT2D eigenvalue weighted by atomic mass is 19.1. The molecule has 4 rings (SSSR count). The van der Waals surface area contributed by atoms with Crippen LogP contribution in [-0.4, -0.2) is 57.2 Å². The largest absolute Gasteiger partial charge is 0.494 e. The molecule has 1 aliphatic heterocycles. The Bertz CT molecular complexity index is 1130. The maximum Gasteiger partial charge on any atom is 0.227 e. The van der Waals surface area contributed by atoms with E-state index in [-0.39, 0.29) is 11.5 Å². The van der Waals surface area contributed by atoms with Gasteiger partial charge in [-0.2, -0.15) is 5.10 Å². The molecule has 1 aliphatic rings. The Balaban J connectivity index is 1.30. The summed E-state index contributed by atoms with van der Waals surface area (Å²) in [7, 11) is 1.40. The second-order valence-electron chi connectivity index (χ2n) is 8.86. The van der Waals surface area contributed by atoms with Crippen molar-refractivity contribution in [3.8, 4) is 5.75 Å². The Morgan fingerprint density at radius 1 is 1.11 bits per heavy atom. The Labute approximate surface area is 205 Å². The van der Waals surface area contributed by atoms with Crippen LogP contribution in [0.25, 0.3) is 0 Å². The van der Waals surface area contributed by atoms with Crippen molar-refractivity contribution in [3.63, 3.8) is 0 Å². The predicted molar refractivity (Wildman–Crippen MR) is 133 cm³/mol. The van der Waals surface area contributed by atoms with Crippen molar-refractivity contribution >= 4 is 17.4 Å². The number of Topliss-reactive ketones (excluding diaryl/α,β-unsaturated/α-hetero) is 1. The van der Waals surface area contributed by atoms with Gasteiger partial charge >= 0.3 is 0 Å². The number of carbonyl (C=O) groups excluding carboxylic acids is 1. The third kappa shape index (κ3) is 6.63. The first-order chi connectivity index (χ1) is 17.1. The van der Waals surface area contributed by atoms with Gasteiger partial charge in [-0.05, 0) is 75.0 Å². The summed E-state index contributed by atoms with van der Waals surface area (Å²) in [4.78, 5) is 23.4. The molecule has 0 unspecified atom stereocenters. The SMILES string of the molecule is CCC(=O)c1cc(CCc2cnc(Nc3cnn(CCCN4CCCC4)c3)nc2)c(F)c(OC)c1. The number of hydrogen-bond acceptors (Lipinski definition) is 7. The van der Waals surface area contributed by atoms with Gasteiger partial charge in [-0.15, -0.1) is 0 Å². The van der Waals surface area contributed by atoms with Gasteiger partial charge in [0.1, 0.15) is 0 Å². The number of aryl methyl sites for hydroxylation is 3. The minimum Gasteiger partial charge on any atom is -0.494 e. The lowest BCUT2D eigenvalue weighted by atomic mass is 10.00. The van der Waals surface area contributed by atoms with Crippen molar-refractivity contribution in [2.24, 2.45) is 0 Å². The Morgan fingerprint density at radius 2 is 1.89 bits per heavy atom. The van der Waals surface area contributed by atoms with E-state index in [4.69, 9.17) is 4.74 Å². The zero-order valence-electron chi connectivity index (χ0n) is 20.5. The summed E-state index contributed by atoms with van der Waals surface area (Å²) in [6.07, 6.45) is 12.2. The van der Waals surface area contributed by atoms with Crippen molar-refractivity contribution in [1.82, 2.24) is 24.6 Å². The molecule has 0 atom stereocenters. The molecule has 2 aromatic heterocycles. The van der Waals surface area contributed by atoms with Crippen LogP contribution in [0.5, 0.6) is 5.75 Å². The minimum atomic E-state index is -0.434. The number of carbonyl (C=O) groups is 1. The molecule has 1 saturated heterocycles. The van der Waals surface area contributed by atoms with E-state index in [1.54, 1.807) is 31.6 Å². The molecule has 3 aromatic rings. The van der Waals surface area contributed by atoms with Gasteiger partial charge in [0.2, 0.25) is 5.95 Å². The first kappa shape index (κ1) is 24.8. The quantitative estimate of drug-likeness (QED) is 0.384. The number of likely N-dealkylation sites (tertiary alicyclic amines) is 1. The van der Waals surface area contributed by atoms with Gasteiger partial charge < -0.3 is 15.0 Å². The van der Waals surface area contributed by atoms with Crippen molar-refractivity contribution in [1.29, 1.82) is 0 Å². The predicted octanol–water partition coefficient (Wildman–Crippen LogP) is 4.43. The second-order valence-corrected chi connectivity index (χ2v) is 8.86. The smallest absolute Gasteiger partial charge is 0.227 e. The molecule has 186 valence electrons. The molecule has 0 amide bonds. The van der Waals surface area contributed by atoms with Crippen LogP contribution in [0.4, 0.5) is 16.0 Å². The van der Waals surface area contributed by atoms with E-state index in [0.717, 1.165) is 30.8 Å². The highest BCUT2D eigenvalue weighted by Gasteiger charge is 2.15. The second kappa shape index (κ2) is 11.9. The zero-order valence-corrected chi connectivity index (χ0v) is 20.5. The van der Waals surface area contributed by atoms with Gasteiger partial charge in [0, 0.05) is 37.1 Å². The van der Waals surface area contributed by atoms with E-state index in [1.807, 2.05) is 10.9 Å². The molecule has 0 radical (unpaired) electrons. The van der Waals surface area contributed by atoms with Gasteiger partial charge in [-0.1, -0.05) is 6.92 Å². The lowest BCUT2D eigenvalue weighted by molar-refractivity contribution is 0.0987. The number of ether oxygens (including phenoxy) is 1. The molecule has 0 aliphatic carbocycles. The summed E-state index contributed by atoms with van der Waals surface area (Å²) in [5, 5.41) is 7.59. The summed E-state index contributed by atoms with van der Waals surface area (Å²) in [5.74, 6) is 0.0930. The average molecular weight is 481 g/mol. The topological polar surface area (TPSA) is 85.2 Å². The molecule has 8 nitrogen and oxygen atoms in total. The number of aromatic nitrogens is 4. The molecule has 9 heteroatoms. The maximum absolute atomic E-state index is 14.7. The first-order valence-corrected chi connectivity index (χ1v) is 12.3. The number of hydrogen-bond donors (Lipinski definition) is 1. The Kier molecular flexibility index (Phi) is 8.41. The number of methoxy groups -OCH3 is 1. The van der Waals surface area contributed by atoms with Gasteiger partial charge in [-0.3, -0.25) is 9.48 Å². The van der Waals surface area contributed by atoms with Gasteiger partial charge in [0.25, 0.3) is 0 Å². The van der Waals surface area contributed by atoms with Gasteiger partial charge in [0.05, 0.1) is 19.0 Å².